The van der Waals surface area contributed by atoms with E-state index in [2.05, 4.69) is 124 Å². The third-order valence-corrected chi connectivity index (χ3v) is 10.9. The highest BCUT2D eigenvalue weighted by Gasteiger charge is 2.50. The number of likely N-dealkylation sites (N-methyl/N-ethyl adjacent to an activating group) is 1. The second-order valence-electron chi connectivity index (χ2n) is 8.87. The molecule has 3 heteroatoms. The van der Waals surface area contributed by atoms with Gasteiger partial charge in [-0.2, -0.15) is 0 Å². The normalized spacial score (nSPS) is 12.3. The Kier molecular flexibility index (Phi) is 7.65. The lowest BCUT2D eigenvalue weighted by Gasteiger charge is -2.43. The van der Waals surface area contributed by atoms with Crippen LogP contribution in [0, 0.1) is 0 Å². The van der Waals surface area contributed by atoms with Crippen molar-refractivity contribution < 1.29 is 4.43 Å². The number of nitrogens with zero attached hydrogens (tertiary/aromatic N) is 1. The van der Waals surface area contributed by atoms with Crippen molar-refractivity contribution in [3.05, 3.63) is 96.6 Å². The van der Waals surface area contributed by atoms with Gasteiger partial charge in [0.15, 0.2) is 0 Å². The zero-order chi connectivity index (χ0) is 21.5. The summed E-state index contributed by atoms with van der Waals surface area (Å²) < 4.78 is 7.03. The van der Waals surface area contributed by atoms with Crippen molar-refractivity contribution >= 4 is 18.7 Å². The Labute approximate surface area is 183 Å². The quantitative estimate of drug-likeness (QED) is 0.450. The summed E-state index contributed by atoms with van der Waals surface area (Å²) in [6.07, 6.45) is 0. The van der Waals surface area contributed by atoms with Gasteiger partial charge < -0.3 is 4.43 Å². The zero-order valence-electron chi connectivity index (χ0n) is 18.8. The van der Waals surface area contributed by atoms with Gasteiger partial charge in [0, 0.05) is 19.7 Å². The van der Waals surface area contributed by atoms with Gasteiger partial charge in [0.05, 0.1) is 0 Å². The minimum Gasteiger partial charge on any atom is -0.406 e. The molecular formula is C27H35NOSi. The number of rotatable bonds is 9. The van der Waals surface area contributed by atoms with Crippen LogP contribution in [0.2, 0.25) is 5.04 Å². The molecule has 0 heterocycles. The summed E-state index contributed by atoms with van der Waals surface area (Å²) in [5.41, 5.74) is 1.35. The molecule has 0 spiro atoms. The molecule has 0 aliphatic rings. The molecule has 0 aromatic heterocycles. The minimum absolute atomic E-state index is 0.0200. The summed E-state index contributed by atoms with van der Waals surface area (Å²) >= 11 is 0. The van der Waals surface area contributed by atoms with Gasteiger partial charge in [-0.1, -0.05) is 119 Å². The maximum atomic E-state index is 7.03. The fourth-order valence-corrected chi connectivity index (χ4v) is 8.83. The van der Waals surface area contributed by atoms with Crippen molar-refractivity contribution in [3.8, 4) is 0 Å². The molecule has 0 bridgehead atoms. The molecule has 0 saturated heterocycles. The van der Waals surface area contributed by atoms with Crippen molar-refractivity contribution in [1.29, 1.82) is 0 Å². The van der Waals surface area contributed by atoms with E-state index in [0.717, 1.165) is 26.2 Å². The SMILES string of the molecule is CCN(CCO[Si](c1ccccc1)(c1ccccc1)C(C)(C)C)Cc1ccccc1. The molecule has 3 aromatic carbocycles. The Morgan fingerprint density at radius 2 is 1.20 bits per heavy atom. The summed E-state index contributed by atoms with van der Waals surface area (Å²) in [7, 11) is -2.45. The van der Waals surface area contributed by atoms with Crippen LogP contribution >= 0.6 is 0 Å². The number of hydrogen-bond acceptors (Lipinski definition) is 2. The molecule has 0 amide bonds. The first-order valence-electron chi connectivity index (χ1n) is 11.0. The lowest BCUT2D eigenvalue weighted by molar-refractivity contribution is 0.202. The highest BCUT2D eigenvalue weighted by molar-refractivity contribution is 6.99. The van der Waals surface area contributed by atoms with Gasteiger partial charge in [-0.3, -0.25) is 4.90 Å². The summed E-state index contributed by atoms with van der Waals surface area (Å²) in [4.78, 5) is 2.47. The van der Waals surface area contributed by atoms with Crippen molar-refractivity contribution in [2.75, 3.05) is 19.7 Å². The summed E-state index contributed by atoms with van der Waals surface area (Å²) in [6.45, 7) is 12.9. The van der Waals surface area contributed by atoms with E-state index in [4.69, 9.17) is 4.43 Å². The predicted octanol–water partition coefficient (Wildman–Crippen LogP) is 5.09. The number of benzene rings is 3. The Hall–Kier alpha value is -2.20. The van der Waals surface area contributed by atoms with E-state index in [1.54, 1.807) is 0 Å². The van der Waals surface area contributed by atoms with Crippen LogP contribution in [0.3, 0.4) is 0 Å². The van der Waals surface area contributed by atoms with Crippen molar-refractivity contribution in [1.82, 2.24) is 4.90 Å². The largest absolute Gasteiger partial charge is 0.406 e. The molecular weight excluding hydrogens is 382 g/mol. The fraction of sp³-hybridized carbons (Fsp3) is 0.333. The first kappa shape index (κ1) is 22.5. The van der Waals surface area contributed by atoms with Crippen molar-refractivity contribution in [3.63, 3.8) is 0 Å². The lowest BCUT2D eigenvalue weighted by atomic mass is 10.2. The van der Waals surface area contributed by atoms with Crippen LogP contribution in [-0.2, 0) is 11.0 Å². The van der Waals surface area contributed by atoms with Gasteiger partial charge >= 0.3 is 0 Å². The molecule has 0 saturated carbocycles. The van der Waals surface area contributed by atoms with Crippen molar-refractivity contribution in [2.45, 2.75) is 39.3 Å². The van der Waals surface area contributed by atoms with Crippen LogP contribution in [0.5, 0.6) is 0 Å². The first-order valence-corrected chi connectivity index (χ1v) is 12.9. The molecule has 0 aliphatic carbocycles. The highest BCUT2D eigenvalue weighted by atomic mass is 28.4. The lowest BCUT2D eigenvalue weighted by Crippen LogP contribution is -2.67. The van der Waals surface area contributed by atoms with E-state index < -0.39 is 8.32 Å². The number of hydrogen-bond donors (Lipinski definition) is 0. The zero-order valence-corrected chi connectivity index (χ0v) is 19.8. The Bertz CT molecular complexity index is 836. The van der Waals surface area contributed by atoms with Crippen LogP contribution in [0.4, 0.5) is 0 Å². The standard InChI is InChI=1S/C27H35NOSi/c1-5-28(23-24-15-9-6-10-16-24)21-22-29-30(27(2,3)4,25-17-11-7-12-18-25)26-19-13-8-14-20-26/h6-20H,5,21-23H2,1-4H3. The average molecular weight is 418 g/mol. The second kappa shape index (κ2) is 10.2. The van der Waals surface area contributed by atoms with E-state index >= 15 is 0 Å². The van der Waals surface area contributed by atoms with Crippen LogP contribution in [0.1, 0.15) is 33.3 Å². The molecule has 0 unspecified atom stereocenters. The van der Waals surface area contributed by atoms with Crippen LogP contribution < -0.4 is 10.4 Å². The van der Waals surface area contributed by atoms with Gasteiger partial charge in [-0.05, 0) is 27.5 Å². The molecule has 0 atom stereocenters. The maximum absolute atomic E-state index is 7.03. The topological polar surface area (TPSA) is 12.5 Å². The molecule has 0 radical (unpaired) electrons. The van der Waals surface area contributed by atoms with Crippen LogP contribution in [0.25, 0.3) is 0 Å². The van der Waals surface area contributed by atoms with Gasteiger partial charge in [0.1, 0.15) is 0 Å². The maximum Gasteiger partial charge on any atom is 0.261 e. The van der Waals surface area contributed by atoms with E-state index in [1.807, 2.05) is 0 Å². The van der Waals surface area contributed by atoms with Gasteiger partial charge in [0.2, 0.25) is 0 Å². The molecule has 0 fully saturated rings. The van der Waals surface area contributed by atoms with Crippen LogP contribution in [-0.4, -0.2) is 32.9 Å². The Morgan fingerprint density at radius 1 is 0.733 bits per heavy atom. The second-order valence-corrected chi connectivity index (χ2v) is 13.2. The fourth-order valence-electron chi connectivity index (χ4n) is 4.28. The third-order valence-electron chi connectivity index (χ3n) is 5.84. The van der Waals surface area contributed by atoms with Crippen LogP contribution in [0.15, 0.2) is 91.0 Å². The van der Waals surface area contributed by atoms with E-state index in [1.165, 1.54) is 15.9 Å². The van der Waals surface area contributed by atoms with E-state index in [9.17, 15) is 0 Å². The van der Waals surface area contributed by atoms with Gasteiger partial charge in [-0.15, -0.1) is 0 Å². The van der Waals surface area contributed by atoms with Gasteiger partial charge in [-0.25, -0.2) is 0 Å². The third kappa shape index (κ3) is 5.09. The molecule has 2 nitrogen and oxygen atoms in total. The Morgan fingerprint density at radius 3 is 1.63 bits per heavy atom. The first-order chi connectivity index (χ1) is 14.5. The molecule has 3 rings (SSSR count). The van der Waals surface area contributed by atoms with Crippen molar-refractivity contribution in [2.24, 2.45) is 0 Å². The molecule has 158 valence electrons. The summed E-state index contributed by atoms with van der Waals surface area (Å²) in [5.74, 6) is 0. The predicted molar refractivity (Wildman–Crippen MR) is 131 cm³/mol. The van der Waals surface area contributed by atoms with E-state index in [-0.39, 0.29) is 5.04 Å². The molecule has 0 N–H and O–H groups in total. The van der Waals surface area contributed by atoms with Gasteiger partial charge in [0.25, 0.3) is 8.32 Å². The molecule has 0 aliphatic heterocycles. The highest BCUT2D eigenvalue weighted by Crippen LogP contribution is 2.36. The van der Waals surface area contributed by atoms with E-state index in [0.29, 0.717) is 0 Å². The smallest absolute Gasteiger partial charge is 0.261 e. The monoisotopic (exact) mass is 417 g/mol. The minimum atomic E-state index is -2.45. The molecule has 30 heavy (non-hydrogen) atoms. The summed E-state index contributed by atoms with van der Waals surface area (Å²) in [5, 5.41) is 2.70. The summed E-state index contributed by atoms with van der Waals surface area (Å²) in [6, 6.07) is 32.5. The average Bonchev–Trinajstić information content (AvgIpc) is 2.77. The Balaban J connectivity index is 1.86. The molecule has 3 aromatic rings.